The van der Waals surface area contributed by atoms with Crippen LogP contribution in [0.5, 0.6) is 0 Å². The first kappa shape index (κ1) is 29.4. The summed E-state index contributed by atoms with van der Waals surface area (Å²) >= 11 is 0. The number of benzene rings is 1. The van der Waals surface area contributed by atoms with Gasteiger partial charge in [0.1, 0.15) is 11.6 Å². The average molecular weight is 533 g/mol. The molecule has 2 aliphatic heterocycles. The van der Waals surface area contributed by atoms with Gasteiger partial charge in [-0.15, -0.1) is 0 Å². The second-order valence-electron chi connectivity index (χ2n) is 12.8. The zero-order chi connectivity index (χ0) is 27.4. The van der Waals surface area contributed by atoms with Crippen LogP contribution < -0.4 is 0 Å². The number of amides is 1. The lowest BCUT2D eigenvalue weighted by molar-refractivity contribution is -0.138. The first-order valence-electron chi connectivity index (χ1n) is 15.1. The van der Waals surface area contributed by atoms with Gasteiger partial charge in [0.2, 0.25) is 5.91 Å². The number of hydrogen-bond donors (Lipinski definition) is 0. The monoisotopic (exact) mass is 532 g/mol. The molecule has 1 saturated carbocycles. The Balaban J connectivity index is 1.47. The lowest BCUT2D eigenvalue weighted by Gasteiger charge is -2.45. The molecule has 38 heavy (non-hydrogen) atoms. The molecule has 0 aromatic heterocycles. The van der Waals surface area contributed by atoms with Gasteiger partial charge in [0.15, 0.2) is 0 Å². The van der Waals surface area contributed by atoms with Crippen molar-refractivity contribution in [3.05, 3.63) is 35.4 Å². The number of carbonyl (C=O) groups excluding carboxylic acids is 1. The molecule has 1 aliphatic carbocycles. The molecule has 2 heterocycles. The van der Waals surface area contributed by atoms with Crippen LogP contribution in [0.3, 0.4) is 0 Å². The lowest BCUT2D eigenvalue weighted by atomic mass is 9.82. The molecular weight excluding hydrogens is 482 g/mol. The highest BCUT2D eigenvalue weighted by Gasteiger charge is 2.45. The van der Waals surface area contributed by atoms with E-state index in [9.17, 15) is 13.6 Å². The van der Waals surface area contributed by atoms with Crippen molar-refractivity contribution in [1.82, 2.24) is 19.6 Å². The Hall–Kier alpha value is -1.57. The number of likely N-dealkylation sites (tertiary alicyclic amines) is 1. The Morgan fingerprint density at radius 2 is 1.66 bits per heavy atom. The molecule has 1 aromatic rings. The molecule has 3 aliphatic rings. The van der Waals surface area contributed by atoms with Crippen LogP contribution >= 0.6 is 0 Å². The Labute approximate surface area is 229 Å². The Bertz CT molecular complexity index is 917. The minimum atomic E-state index is -0.576. The molecule has 3 atom stereocenters. The van der Waals surface area contributed by atoms with Crippen molar-refractivity contribution in [2.24, 2.45) is 11.8 Å². The van der Waals surface area contributed by atoms with E-state index in [2.05, 4.69) is 49.3 Å². The maximum atomic E-state index is 14.9. The van der Waals surface area contributed by atoms with Crippen molar-refractivity contribution in [3.8, 4) is 0 Å². The average Bonchev–Trinajstić information content (AvgIpc) is 3.36. The highest BCUT2D eigenvalue weighted by Crippen LogP contribution is 2.39. The number of nitrogens with zero attached hydrogens (tertiary/aromatic N) is 4. The van der Waals surface area contributed by atoms with Crippen molar-refractivity contribution in [2.75, 3.05) is 58.9 Å². The predicted octanol–water partition coefficient (Wildman–Crippen LogP) is 5.21. The van der Waals surface area contributed by atoms with Crippen LogP contribution in [-0.4, -0.2) is 96.0 Å². The topological polar surface area (TPSA) is 30.0 Å². The van der Waals surface area contributed by atoms with Crippen LogP contribution in [0.2, 0.25) is 0 Å². The van der Waals surface area contributed by atoms with Gasteiger partial charge in [-0.05, 0) is 64.3 Å². The molecule has 5 nitrogen and oxygen atoms in total. The summed E-state index contributed by atoms with van der Waals surface area (Å²) < 4.78 is 28.6. The second kappa shape index (κ2) is 12.7. The largest absolute Gasteiger partial charge is 0.340 e. The van der Waals surface area contributed by atoms with E-state index < -0.39 is 11.6 Å². The van der Waals surface area contributed by atoms with Crippen molar-refractivity contribution in [3.63, 3.8) is 0 Å². The molecule has 214 valence electrons. The maximum Gasteiger partial charge on any atom is 0.227 e. The third-order valence-corrected chi connectivity index (χ3v) is 9.58. The maximum absolute atomic E-state index is 14.9. The standard InChI is InChI=1S/C31H50F2N4O/c1-6-34(7-2)22-29(23-11-9-8-10-12-23)35-15-17-36(18-16-35)30(38)27-21-37(31(3,4)5)20-26(27)25-14-13-24(32)19-28(25)33/h13-14,19,23,26-27,29H,6-12,15-18,20-22H2,1-5H3/t26-,27?,29?/m0/s1. The summed E-state index contributed by atoms with van der Waals surface area (Å²) in [6.07, 6.45) is 6.68. The van der Waals surface area contributed by atoms with Gasteiger partial charge >= 0.3 is 0 Å². The van der Waals surface area contributed by atoms with Gasteiger partial charge in [0, 0.05) is 69.4 Å². The van der Waals surface area contributed by atoms with Crippen molar-refractivity contribution in [2.45, 2.75) is 84.2 Å². The molecule has 0 bridgehead atoms. The molecule has 2 unspecified atom stereocenters. The Kier molecular flexibility index (Phi) is 9.86. The molecular formula is C31H50F2N4O. The number of rotatable bonds is 8. The van der Waals surface area contributed by atoms with E-state index in [1.54, 1.807) is 6.07 Å². The number of piperazine rings is 1. The van der Waals surface area contributed by atoms with Crippen LogP contribution in [0.4, 0.5) is 8.78 Å². The molecule has 4 rings (SSSR count). The van der Waals surface area contributed by atoms with E-state index in [0.717, 1.165) is 57.8 Å². The summed E-state index contributed by atoms with van der Waals surface area (Å²) in [6.45, 7) is 18.6. The first-order chi connectivity index (χ1) is 18.1. The SMILES string of the molecule is CCN(CC)CC(C1CCCCC1)N1CCN(C(=O)C2CN(C(C)(C)C)C[C@H]2c2ccc(F)cc2F)CC1. The Morgan fingerprint density at radius 3 is 2.24 bits per heavy atom. The van der Waals surface area contributed by atoms with Gasteiger partial charge in [-0.2, -0.15) is 0 Å². The van der Waals surface area contributed by atoms with Crippen LogP contribution in [0.25, 0.3) is 0 Å². The number of hydrogen-bond acceptors (Lipinski definition) is 4. The fraction of sp³-hybridized carbons (Fsp3) is 0.774. The van der Waals surface area contributed by atoms with Crippen molar-refractivity contribution in [1.29, 1.82) is 0 Å². The smallest absolute Gasteiger partial charge is 0.227 e. The van der Waals surface area contributed by atoms with Crippen LogP contribution in [0.1, 0.15) is 78.2 Å². The van der Waals surface area contributed by atoms with Crippen LogP contribution in [0.15, 0.2) is 18.2 Å². The van der Waals surface area contributed by atoms with Gasteiger partial charge < -0.3 is 9.80 Å². The minimum absolute atomic E-state index is 0.125. The summed E-state index contributed by atoms with van der Waals surface area (Å²) in [4.78, 5) is 23.5. The highest BCUT2D eigenvalue weighted by atomic mass is 19.1. The lowest BCUT2D eigenvalue weighted by Crippen LogP contribution is -2.57. The Morgan fingerprint density at radius 1 is 1.00 bits per heavy atom. The zero-order valence-electron chi connectivity index (χ0n) is 24.4. The molecule has 1 amide bonds. The quantitative estimate of drug-likeness (QED) is 0.460. The number of likely N-dealkylation sites (N-methyl/N-ethyl adjacent to an activating group) is 1. The molecule has 0 spiro atoms. The van der Waals surface area contributed by atoms with E-state index in [1.807, 2.05) is 4.90 Å². The third kappa shape index (κ3) is 6.76. The normalized spacial score (nSPS) is 25.3. The van der Waals surface area contributed by atoms with E-state index in [4.69, 9.17) is 0 Å². The summed E-state index contributed by atoms with van der Waals surface area (Å²) in [5.41, 5.74) is 0.340. The van der Waals surface area contributed by atoms with Crippen molar-refractivity contribution >= 4 is 5.91 Å². The molecule has 2 saturated heterocycles. The molecule has 3 fully saturated rings. The van der Waals surface area contributed by atoms with Gasteiger partial charge in [0.25, 0.3) is 0 Å². The van der Waals surface area contributed by atoms with E-state index in [0.29, 0.717) is 24.7 Å². The summed E-state index contributed by atoms with van der Waals surface area (Å²) in [5, 5.41) is 0. The van der Waals surface area contributed by atoms with Gasteiger partial charge in [-0.1, -0.05) is 39.2 Å². The molecule has 7 heteroatoms. The van der Waals surface area contributed by atoms with E-state index in [1.165, 1.54) is 38.2 Å². The molecule has 0 radical (unpaired) electrons. The molecule has 0 N–H and O–H groups in total. The second-order valence-corrected chi connectivity index (χ2v) is 12.8. The van der Waals surface area contributed by atoms with E-state index >= 15 is 0 Å². The fourth-order valence-corrected chi connectivity index (χ4v) is 7.06. The highest BCUT2D eigenvalue weighted by molar-refractivity contribution is 5.81. The summed E-state index contributed by atoms with van der Waals surface area (Å²) in [5.74, 6) is -0.826. The summed E-state index contributed by atoms with van der Waals surface area (Å²) in [7, 11) is 0. The minimum Gasteiger partial charge on any atom is -0.340 e. The number of carbonyl (C=O) groups is 1. The van der Waals surface area contributed by atoms with Crippen LogP contribution in [0, 0.1) is 23.5 Å². The van der Waals surface area contributed by atoms with Gasteiger partial charge in [-0.3, -0.25) is 14.6 Å². The predicted molar refractivity (Wildman–Crippen MR) is 150 cm³/mol. The van der Waals surface area contributed by atoms with E-state index in [-0.39, 0.29) is 23.3 Å². The van der Waals surface area contributed by atoms with Crippen molar-refractivity contribution < 1.29 is 13.6 Å². The van der Waals surface area contributed by atoms with Gasteiger partial charge in [0.05, 0.1) is 5.92 Å². The zero-order valence-corrected chi connectivity index (χ0v) is 24.4. The fourth-order valence-electron chi connectivity index (χ4n) is 7.06. The molecule has 1 aromatic carbocycles. The first-order valence-corrected chi connectivity index (χ1v) is 15.1. The van der Waals surface area contributed by atoms with Crippen LogP contribution in [-0.2, 0) is 4.79 Å². The third-order valence-electron chi connectivity index (χ3n) is 9.58. The number of halogens is 2. The van der Waals surface area contributed by atoms with Gasteiger partial charge in [-0.25, -0.2) is 8.78 Å². The summed E-state index contributed by atoms with van der Waals surface area (Å²) in [6, 6.07) is 4.37.